The van der Waals surface area contributed by atoms with Gasteiger partial charge in [0, 0.05) is 70.6 Å². The van der Waals surface area contributed by atoms with Crippen molar-refractivity contribution in [1.82, 2.24) is 15.0 Å². The Morgan fingerprint density at radius 1 is 0.524 bits per heavy atom. The molecule has 0 saturated heterocycles. The molecule has 186 valence electrons. The lowest BCUT2D eigenvalue weighted by Crippen LogP contribution is -1.99. The highest BCUT2D eigenvalue weighted by molar-refractivity contribution is 6.24. The van der Waals surface area contributed by atoms with Crippen LogP contribution < -0.4 is 0 Å². The fraction of sp³-hybridized carbons (Fsp3) is 0. The van der Waals surface area contributed by atoms with Crippen molar-refractivity contribution >= 4 is 16.7 Å². The van der Waals surface area contributed by atoms with E-state index in [0.717, 1.165) is 0 Å². The molecule has 0 aliphatic heterocycles. The molecule has 3 heterocycles. The number of allylic oxidation sites excluding steroid dienone is 2. The molecule has 9 nitrogen and oxygen atoms in total. The van der Waals surface area contributed by atoms with Gasteiger partial charge in [0.2, 0.25) is 0 Å². The first-order valence-electron chi connectivity index (χ1n) is 12.3. The summed E-state index contributed by atoms with van der Waals surface area (Å²) in [6.07, 6.45) is 9.66. The summed E-state index contributed by atoms with van der Waals surface area (Å²) in [7, 11) is 0. The van der Waals surface area contributed by atoms with Gasteiger partial charge in [-0.25, -0.2) is 10.1 Å². The molecule has 3 aromatic heterocycles. The van der Waals surface area contributed by atoms with E-state index in [0.29, 0.717) is 83.5 Å². The average Bonchev–Trinajstić information content (AvgIpc) is 3.66. The van der Waals surface area contributed by atoms with Crippen molar-refractivity contribution in [2.24, 2.45) is 0 Å². The van der Waals surface area contributed by atoms with Crippen LogP contribution in [-0.4, -0.2) is 15.0 Å². The maximum atomic E-state index is 10.1. The minimum absolute atomic E-state index is 0.129. The number of nitrogens with zero attached hydrogens (tertiary/aromatic N) is 9. The van der Waals surface area contributed by atoms with E-state index in [2.05, 4.69) is 29.5 Å². The van der Waals surface area contributed by atoms with Crippen LogP contribution in [0.4, 0.5) is 0 Å². The second-order valence-corrected chi connectivity index (χ2v) is 9.36. The van der Waals surface area contributed by atoms with Crippen LogP contribution in [0.25, 0.3) is 64.6 Å². The largest absolute Gasteiger partial charge is 0.527 e. The summed E-state index contributed by atoms with van der Waals surface area (Å²) in [6, 6.07) is 11.3. The van der Waals surface area contributed by atoms with Crippen LogP contribution in [0, 0.1) is 53.7 Å². The highest BCUT2D eigenvalue weighted by Crippen LogP contribution is 2.64. The molecule has 0 unspecified atom stereocenters. The highest BCUT2D eigenvalue weighted by Gasteiger charge is 2.45. The Hall–Kier alpha value is -7.17. The van der Waals surface area contributed by atoms with Crippen molar-refractivity contribution < 1.29 is 0 Å². The van der Waals surface area contributed by atoms with Gasteiger partial charge < -0.3 is 0 Å². The zero-order chi connectivity index (χ0) is 29.1. The summed E-state index contributed by atoms with van der Waals surface area (Å²) in [5, 5.41) is 30.3. The maximum absolute atomic E-state index is 10.1. The summed E-state index contributed by atoms with van der Waals surface area (Å²) >= 11 is 0. The maximum Gasteiger partial charge on any atom is 0.527 e. The Morgan fingerprint density at radius 3 is 1.38 bits per heavy atom. The van der Waals surface area contributed by atoms with Gasteiger partial charge in [0.1, 0.15) is 30.9 Å². The molecule has 0 bridgehead atoms. The summed E-state index contributed by atoms with van der Waals surface area (Å²) in [5.41, 5.74) is 8.00. The van der Waals surface area contributed by atoms with Gasteiger partial charge in [0.25, 0.3) is 5.70 Å². The number of hydrogen-bond donors (Lipinski definition) is 0. The van der Waals surface area contributed by atoms with E-state index < -0.39 is 0 Å². The van der Waals surface area contributed by atoms with Gasteiger partial charge in [0.05, 0.1) is 18.2 Å². The van der Waals surface area contributed by atoms with Crippen LogP contribution in [-0.2, 0) is 0 Å². The van der Waals surface area contributed by atoms with Gasteiger partial charge in [-0.3, -0.25) is 15.0 Å². The first-order valence-corrected chi connectivity index (χ1v) is 12.3. The molecule has 0 atom stereocenters. The molecule has 0 fully saturated rings. The lowest BCUT2D eigenvalue weighted by molar-refractivity contribution is 1.32. The van der Waals surface area contributed by atoms with Gasteiger partial charge >= 0.3 is 5.82 Å². The lowest BCUT2D eigenvalue weighted by Gasteiger charge is -2.18. The molecule has 3 aliphatic rings. The Morgan fingerprint density at radius 2 is 0.952 bits per heavy atom. The van der Waals surface area contributed by atoms with E-state index in [-0.39, 0.29) is 17.1 Å². The molecule has 0 saturated carbocycles. The highest BCUT2D eigenvalue weighted by atomic mass is 14.9. The molecule has 0 spiro atoms. The lowest BCUT2D eigenvalue weighted by atomic mass is 9.83. The zero-order valence-corrected chi connectivity index (χ0v) is 21.2. The van der Waals surface area contributed by atoms with E-state index in [9.17, 15) is 15.8 Å². The number of rotatable bonds is 0. The second kappa shape index (κ2) is 8.68. The van der Waals surface area contributed by atoms with Crippen LogP contribution in [0.1, 0.15) is 33.4 Å². The third-order valence-corrected chi connectivity index (χ3v) is 7.69. The number of aromatic nitrogens is 3. The summed E-state index contributed by atoms with van der Waals surface area (Å²) in [4.78, 5) is 23.8. The molecule has 42 heavy (non-hydrogen) atoms. The SMILES string of the molecule is [C-]#[N+]C([N+]#[C-])=C1c2ccncc2-c2c1c1c(c3c2/C(=C(/C#N)[N+]#[C-])c2ccncc2-3)C(=C(C#N)C#N)c2ccncc2-1. The van der Waals surface area contributed by atoms with Crippen molar-refractivity contribution in [1.29, 1.82) is 15.8 Å². The minimum Gasteiger partial charge on any atom is -0.264 e. The molecular weight excluding hydrogens is 522 g/mol. The number of hydrogen-bond acceptors (Lipinski definition) is 6. The molecule has 4 aromatic rings. The van der Waals surface area contributed by atoms with Gasteiger partial charge in [-0.2, -0.15) is 20.2 Å². The minimum atomic E-state index is -0.166. The topological polar surface area (TPSA) is 123 Å². The standard InChI is InChI=1S/C33H9N9/c1-37-23(12-36)25-18-5-8-41-14-21(18)26-30-24(16(10-34)11-35)17-4-7-40-13-20(17)27(30)32-28(31(25)26)22-15-42-9-6-19(22)29(32)33(38-2)39-3/h4-9,13-15H/b25-23-. The Balaban J connectivity index is 1.88. The third-order valence-electron chi connectivity index (χ3n) is 7.69. The van der Waals surface area contributed by atoms with Gasteiger partial charge in [0.15, 0.2) is 0 Å². The fourth-order valence-electron chi connectivity index (χ4n) is 6.30. The van der Waals surface area contributed by atoms with E-state index in [1.54, 1.807) is 55.4 Å². The quantitative estimate of drug-likeness (QED) is 0.164. The van der Waals surface area contributed by atoms with Gasteiger partial charge in [-0.05, 0) is 62.7 Å². The summed E-state index contributed by atoms with van der Waals surface area (Å²) < 4.78 is 0. The Kier molecular flexibility index (Phi) is 4.94. The van der Waals surface area contributed by atoms with Crippen LogP contribution in [0.2, 0.25) is 0 Å². The predicted octanol–water partition coefficient (Wildman–Crippen LogP) is 6.42. The van der Waals surface area contributed by atoms with E-state index in [4.69, 9.17) is 19.7 Å². The molecular formula is C33H9N9. The number of nitriles is 3. The van der Waals surface area contributed by atoms with Crippen LogP contribution in [0.5, 0.6) is 0 Å². The van der Waals surface area contributed by atoms with E-state index >= 15 is 0 Å². The van der Waals surface area contributed by atoms with Crippen molar-refractivity contribution in [3.8, 4) is 51.6 Å². The second-order valence-electron chi connectivity index (χ2n) is 9.36. The number of benzene rings is 1. The predicted molar refractivity (Wildman–Crippen MR) is 151 cm³/mol. The third kappa shape index (κ3) is 2.76. The first-order chi connectivity index (χ1) is 20.6. The molecule has 3 aliphatic carbocycles. The van der Waals surface area contributed by atoms with Crippen LogP contribution >= 0.6 is 0 Å². The van der Waals surface area contributed by atoms with E-state index in [1.807, 2.05) is 18.2 Å². The van der Waals surface area contributed by atoms with Gasteiger partial charge in [-0.1, -0.05) is 0 Å². The monoisotopic (exact) mass is 531 g/mol. The zero-order valence-electron chi connectivity index (χ0n) is 21.2. The smallest absolute Gasteiger partial charge is 0.264 e. The molecule has 7 rings (SSSR count). The number of pyridine rings is 3. The first kappa shape index (κ1) is 23.9. The molecule has 0 amide bonds. The molecule has 0 radical (unpaired) electrons. The molecule has 0 N–H and O–H groups in total. The summed E-state index contributed by atoms with van der Waals surface area (Å²) in [6.45, 7) is 23.6. The van der Waals surface area contributed by atoms with Gasteiger partial charge in [-0.15, -0.1) is 0 Å². The van der Waals surface area contributed by atoms with E-state index in [1.165, 1.54) is 0 Å². The molecule has 9 heteroatoms. The summed E-state index contributed by atoms with van der Waals surface area (Å²) in [5.74, 6) is -0.166. The Labute approximate surface area is 239 Å². The van der Waals surface area contributed by atoms with Crippen molar-refractivity contribution in [2.45, 2.75) is 0 Å². The Bertz CT molecular complexity index is 2030. The molecule has 1 aromatic carbocycles. The fourth-order valence-corrected chi connectivity index (χ4v) is 6.30. The van der Waals surface area contributed by atoms with Crippen LogP contribution in [0.15, 0.2) is 72.5 Å². The number of fused-ring (bicyclic) bond motifs is 12. The van der Waals surface area contributed by atoms with Crippen molar-refractivity contribution in [3.63, 3.8) is 0 Å². The average molecular weight is 531 g/mol. The van der Waals surface area contributed by atoms with Crippen molar-refractivity contribution in [3.05, 3.63) is 140 Å². The normalized spacial score (nSPS) is 13.3. The van der Waals surface area contributed by atoms with Crippen LogP contribution in [0.3, 0.4) is 0 Å². The van der Waals surface area contributed by atoms with Crippen molar-refractivity contribution in [2.75, 3.05) is 0 Å².